The van der Waals surface area contributed by atoms with Gasteiger partial charge in [0.1, 0.15) is 0 Å². The maximum absolute atomic E-state index is 10.7. The fourth-order valence-corrected chi connectivity index (χ4v) is 4.45. The second-order valence-corrected chi connectivity index (χ2v) is 7.92. The zero-order chi connectivity index (χ0) is 17.3. The Labute approximate surface area is 150 Å². The predicted octanol–water partition coefficient (Wildman–Crippen LogP) is 4.26. The Morgan fingerprint density at radius 3 is 2.96 bits per heavy atom. The first-order chi connectivity index (χ1) is 11.4. The van der Waals surface area contributed by atoms with E-state index in [-0.39, 0.29) is 5.41 Å². The summed E-state index contributed by atoms with van der Waals surface area (Å²) in [5, 5.41) is 13.0. The molecule has 1 saturated heterocycles. The molecule has 24 heavy (non-hydrogen) atoms. The van der Waals surface area contributed by atoms with E-state index in [1.54, 1.807) is 11.3 Å². The standard InChI is InChI=1S/C17H20ClN3O2S/c1-11-14(12-5-3-4-6-13(12)18)24-15(20-11)21-8-7-17(2,10-21)9-19-16(22)23/h3-6,19H,7-10H2,1-2H3,(H,22,23). The molecule has 0 bridgehead atoms. The average molecular weight is 366 g/mol. The van der Waals surface area contributed by atoms with Gasteiger partial charge in [-0.15, -0.1) is 0 Å². The van der Waals surface area contributed by atoms with Gasteiger partial charge in [0, 0.05) is 35.6 Å². The van der Waals surface area contributed by atoms with E-state index in [4.69, 9.17) is 21.7 Å². The Hall–Kier alpha value is -1.79. The van der Waals surface area contributed by atoms with Gasteiger partial charge < -0.3 is 15.3 Å². The Morgan fingerprint density at radius 1 is 1.50 bits per heavy atom. The van der Waals surface area contributed by atoms with Crippen LogP contribution in [0.4, 0.5) is 9.93 Å². The molecule has 0 radical (unpaired) electrons. The lowest BCUT2D eigenvalue weighted by Gasteiger charge is -2.24. The normalized spacial score (nSPS) is 20.4. The van der Waals surface area contributed by atoms with E-state index in [1.165, 1.54) is 0 Å². The first-order valence-corrected chi connectivity index (χ1v) is 9.01. The number of thiazole rings is 1. The Bertz CT molecular complexity index is 764. The van der Waals surface area contributed by atoms with Gasteiger partial charge in [0.15, 0.2) is 5.13 Å². The molecule has 7 heteroatoms. The number of halogens is 1. The van der Waals surface area contributed by atoms with E-state index >= 15 is 0 Å². The molecule has 2 N–H and O–H groups in total. The third-order valence-electron chi connectivity index (χ3n) is 4.40. The first-order valence-electron chi connectivity index (χ1n) is 7.82. The number of carbonyl (C=O) groups is 1. The van der Waals surface area contributed by atoms with Crippen molar-refractivity contribution < 1.29 is 9.90 Å². The van der Waals surface area contributed by atoms with Crippen molar-refractivity contribution in [2.24, 2.45) is 5.41 Å². The van der Waals surface area contributed by atoms with Gasteiger partial charge in [-0.3, -0.25) is 0 Å². The highest BCUT2D eigenvalue weighted by Crippen LogP contribution is 2.41. The van der Waals surface area contributed by atoms with Crippen molar-refractivity contribution >= 4 is 34.2 Å². The lowest BCUT2D eigenvalue weighted by molar-refractivity contribution is 0.188. The molecule has 3 rings (SSSR count). The number of nitrogens with zero attached hydrogens (tertiary/aromatic N) is 2. The van der Waals surface area contributed by atoms with Crippen LogP contribution in [0.25, 0.3) is 10.4 Å². The Morgan fingerprint density at radius 2 is 2.25 bits per heavy atom. The molecule has 5 nitrogen and oxygen atoms in total. The first kappa shape index (κ1) is 17.0. The lowest BCUT2D eigenvalue weighted by atomic mass is 9.90. The van der Waals surface area contributed by atoms with Gasteiger partial charge in [0.25, 0.3) is 0 Å². The smallest absolute Gasteiger partial charge is 0.404 e. The zero-order valence-electron chi connectivity index (χ0n) is 13.7. The van der Waals surface area contributed by atoms with Crippen LogP contribution in [0.3, 0.4) is 0 Å². The van der Waals surface area contributed by atoms with E-state index in [0.29, 0.717) is 6.54 Å². The van der Waals surface area contributed by atoms with Gasteiger partial charge in [-0.1, -0.05) is 48.1 Å². The number of rotatable bonds is 4. The number of aryl methyl sites for hydroxylation is 1. The summed E-state index contributed by atoms with van der Waals surface area (Å²) < 4.78 is 0. The van der Waals surface area contributed by atoms with Crippen LogP contribution in [0.5, 0.6) is 0 Å². The molecule has 1 unspecified atom stereocenters. The van der Waals surface area contributed by atoms with E-state index in [1.807, 2.05) is 31.2 Å². The summed E-state index contributed by atoms with van der Waals surface area (Å²) in [5.41, 5.74) is 1.91. The van der Waals surface area contributed by atoms with Crippen LogP contribution >= 0.6 is 22.9 Å². The van der Waals surface area contributed by atoms with E-state index in [0.717, 1.165) is 45.8 Å². The van der Waals surface area contributed by atoms with Crippen LogP contribution in [0.2, 0.25) is 5.02 Å². The molecule has 1 fully saturated rings. The molecule has 1 aliphatic rings. The highest BCUT2D eigenvalue weighted by Gasteiger charge is 2.35. The predicted molar refractivity (Wildman–Crippen MR) is 98.3 cm³/mol. The fourth-order valence-electron chi connectivity index (χ4n) is 3.03. The molecule has 1 aliphatic heterocycles. The molecule has 128 valence electrons. The fraction of sp³-hybridized carbons (Fsp3) is 0.412. The third-order valence-corrected chi connectivity index (χ3v) is 5.98. The van der Waals surface area contributed by atoms with E-state index in [2.05, 4.69) is 17.1 Å². The third kappa shape index (κ3) is 3.49. The molecular weight excluding hydrogens is 346 g/mol. The number of hydrogen-bond donors (Lipinski definition) is 2. The Balaban J connectivity index is 1.79. The molecular formula is C17H20ClN3O2S. The van der Waals surface area contributed by atoms with Crippen molar-refractivity contribution in [2.75, 3.05) is 24.5 Å². The number of benzene rings is 1. The number of carboxylic acid groups (broad SMARTS) is 1. The van der Waals surface area contributed by atoms with Crippen LogP contribution in [0.1, 0.15) is 19.0 Å². The molecule has 2 heterocycles. The largest absolute Gasteiger partial charge is 0.465 e. The average Bonchev–Trinajstić information content (AvgIpc) is 3.10. The van der Waals surface area contributed by atoms with Gasteiger partial charge in [-0.2, -0.15) is 0 Å². The van der Waals surface area contributed by atoms with Crippen LogP contribution in [0, 0.1) is 12.3 Å². The molecule has 0 saturated carbocycles. The minimum Gasteiger partial charge on any atom is -0.465 e. The summed E-state index contributed by atoms with van der Waals surface area (Å²) in [4.78, 5) is 18.8. The van der Waals surface area contributed by atoms with Crippen molar-refractivity contribution in [1.82, 2.24) is 10.3 Å². The summed E-state index contributed by atoms with van der Waals surface area (Å²) in [6, 6.07) is 7.80. The summed E-state index contributed by atoms with van der Waals surface area (Å²) in [5.74, 6) is 0. The van der Waals surface area contributed by atoms with Crippen LogP contribution in [0.15, 0.2) is 24.3 Å². The lowest BCUT2D eigenvalue weighted by Crippen LogP contribution is -2.37. The van der Waals surface area contributed by atoms with Gasteiger partial charge in [0.2, 0.25) is 0 Å². The van der Waals surface area contributed by atoms with E-state index < -0.39 is 6.09 Å². The minimum absolute atomic E-state index is 0.0669. The quantitative estimate of drug-likeness (QED) is 0.849. The molecule has 0 aliphatic carbocycles. The monoisotopic (exact) mass is 365 g/mol. The highest BCUT2D eigenvalue weighted by atomic mass is 35.5. The summed E-state index contributed by atoms with van der Waals surface area (Å²) >= 11 is 7.96. The van der Waals surface area contributed by atoms with Gasteiger partial charge in [-0.05, 0) is 19.4 Å². The Kier molecular flexibility index (Phi) is 4.69. The van der Waals surface area contributed by atoms with Crippen molar-refractivity contribution in [3.8, 4) is 10.4 Å². The van der Waals surface area contributed by atoms with Crippen molar-refractivity contribution in [1.29, 1.82) is 0 Å². The molecule has 1 aromatic carbocycles. The maximum atomic E-state index is 10.7. The van der Waals surface area contributed by atoms with Gasteiger partial charge in [0.05, 0.1) is 10.6 Å². The molecule has 0 spiro atoms. The number of amides is 1. The minimum atomic E-state index is -0.972. The van der Waals surface area contributed by atoms with Gasteiger partial charge in [-0.25, -0.2) is 9.78 Å². The number of hydrogen-bond acceptors (Lipinski definition) is 4. The summed E-state index contributed by atoms with van der Waals surface area (Å²) in [7, 11) is 0. The second-order valence-electron chi connectivity index (χ2n) is 6.53. The van der Waals surface area contributed by atoms with E-state index in [9.17, 15) is 4.79 Å². The number of nitrogens with one attached hydrogen (secondary N) is 1. The van der Waals surface area contributed by atoms with Crippen LogP contribution in [-0.4, -0.2) is 35.8 Å². The number of anilines is 1. The summed E-state index contributed by atoms with van der Waals surface area (Å²) in [6.07, 6.45) is -0.0337. The molecule has 1 aromatic heterocycles. The van der Waals surface area contributed by atoms with Crippen molar-refractivity contribution in [3.63, 3.8) is 0 Å². The SMILES string of the molecule is Cc1nc(N2CCC(C)(CNC(=O)O)C2)sc1-c1ccccc1Cl. The van der Waals surface area contributed by atoms with Crippen molar-refractivity contribution in [3.05, 3.63) is 35.0 Å². The number of aromatic nitrogens is 1. The van der Waals surface area contributed by atoms with Gasteiger partial charge >= 0.3 is 6.09 Å². The van der Waals surface area contributed by atoms with Crippen LogP contribution in [-0.2, 0) is 0 Å². The maximum Gasteiger partial charge on any atom is 0.404 e. The molecule has 2 aromatic rings. The summed E-state index contributed by atoms with van der Waals surface area (Å²) in [6.45, 7) is 6.24. The topological polar surface area (TPSA) is 65.5 Å². The molecule has 1 atom stereocenters. The highest BCUT2D eigenvalue weighted by molar-refractivity contribution is 7.19. The van der Waals surface area contributed by atoms with Crippen molar-refractivity contribution in [2.45, 2.75) is 20.3 Å². The van der Waals surface area contributed by atoms with Crippen LogP contribution < -0.4 is 10.2 Å². The molecule has 1 amide bonds. The zero-order valence-corrected chi connectivity index (χ0v) is 15.2. The second kappa shape index (κ2) is 6.61.